The predicted molar refractivity (Wildman–Crippen MR) is 75.1 cm³/mol. The van der Waals surface area contributed by atoms with Gasteiger partial charge in [-0.1, -0.05) is 25.5 Å². The van der Waals surface area contributed by atoms with Crippen LogP contribution in [0.1, 0.15) is 30.9 Å². The number of amides is 2. The summed E-state index contributed by atoms with van der Waals surface area (Å²) in [5.74, 6) is -0.0888. The van der Waals surface area contributed by atoms with Crippen molar-refractivity contribution in [3.63, 3.8) is 0 Å². The topological polar surface area (TPSA) is 49.4 Å². The van der Waals surface area contributed by atoms with Crippen LogP contribution in [0.3, 0.4) is 0 Å². The van der Waals surface area contributed by atoms with E-state index < -0.39 is 0 Å². The lowest BCUT2D eigenvalue weighted by Crippen LogP contribution is -2.58. The van der Waals surface area contributed by atoms with Crippen LogP contribution in [-0.2, 0) is 9.59 Å². The molecule has 102 valence electrons. The Labute approximate surface area is 113 Å². The van der Waals surface area contributed by atoms with Gasteiger partial charge in [-0.15, -0.1) is 0 Å². The Bertz CT molecular complexity index is 511. The zero-order chi connectivity index (χ0) is 14.0. The molecule has 1 aliphatic rings. The molecule has 1 saturated heterocycles. The highest BCUT2D eigenvalue weighted by atomic mass is 16.2. The summed E-state index contributed by atoms with van der Waals surface area (Å²) >= 11 is 0. The molecule has 2 amide bonds. The zero-order valence-electron chi connectivity index (χ0n) is 11.7. The van der Waals surface area contributed by atoms with Gasteiger partial charge in [-0.3, -0.25) is 9.59 Å². The molecule has 1 aromatic rings. The molecule has 0 bridgehead atoms. The van der Waals surface area contributed by atoms with E-state index in [-0.39, 0.29) is 24.4 Å². The van der Waals surface area contributed by atoms with Crippen molar-refractivity contribution in [2.45, 2.75) is 39.7 Å². The first-order valence-corrected chi connectivity index (χ1v) is 6.71. The molecule has 4 heteroatoms. The highest BCUT2D eigenvalue weighted by molar-refractivity contribution is 6.07. The molecule has 1 atom stereocenters. The van der Waals surface area contributed by atoms with E-state index in [1.165, 1.54) is 0 Å². The number of nitrogens with zero attached hydrogens (tertiary/aromatic N) is 1. The SMILES string of the molecule is CCCC1NC(=O)CN(c2cccc(C)c2C)C1=O. The quantitative estimate of drug-likeness (QED) is 0.903. The summed E-state index contributed by atoms with van der Waals surface area (Å²) in [5.41, 5.74) is 3.03. The number of piperazine rings is 1. The van der Waals surface area contributed by atoms with Crippen LogP contribution in [0, 0.1) is 13.8 Å². The van der Waals surface area contributed by atoms with Crippen molar-refractivity contribution >= 4 is 17.5 Å². The largest absolute Gasteiger partial charge is 0.343 e. The molecular weight excluding hydrogens is 240 g/mol. The second-order valence-corrected chi connectivity index (χ2v) is 5.05. The molecule has 19 heavy (non-hydrogen) atoms. The maximum Gasteiger partial charge on any atom is 0.250 e. The summed E-state index contributed by atoms with van der Waals surface area (Å²) in [4.78, 5) is 25.8. The molecule has 1 aromatic carbocycles. The van der Waals surface area contributed by atoms with Crippen LogP contribution in [0.5, 0.6) is 0 Å². The number of aryl methyl sites for hydroxylation is 1. The molecule has 0 aliphatic carbocycles. The van der Waals surface area contributed by atoms with Crippen molar-refractivity contribution < 1.29 is 9.59 Å². The molecule has 0 aromatic heterocycles. The van der Waals surface area contributed by atoms with Crippen molar-refractivity contribution in [2.24, 2.45) is 0 Å². The van der Waals surface area contributed by atoms with Crippen LogP contribution >= 0.6 is 0 Å². The Morgan fingerprint density at radius 2 is 2.05 bits per heavy atom. The van der Waals surface area contributed by atoms with Gasteiger partial charge < -0.3 is 10.2 Å². The first kappa shape index (κ1) is 13.6. The third-order valence-corrected chi connectivity index (χ3v) is 3.65. The summed E-state index contributed by atoms with van der Waals surface area (Å²) in [6.07, 6.45) is 1.56. The predicted octanol–water partition coefficient (Wildman–Crippen LogP) is 1.93. The lowest BCUT2D eigenvalue weighted by Gasteiger charge is -2.33. The van der Waals surface area contributed by atoms with Gasteiger partial charge >= 0.3 is 0 Å². The average molecular weight is 260 g/mol. The van der Waals surface area contributed by atoms with Crippen LogP contribution < -0.4 is 10.2 Å². The smallest absolute Gasteiger partial charge is 0.250 e. The van der Waals surface area contributed by atoms with Gasteiger partial charge in [0.1, 0.15) is 12.6 Å². The fraction of sp³-hybridized carbons (Fsp3) is 0.467. The molecular formula is C15H20N2O2. The normalized spacial score (nSPS) is 19.5. The standard InChI is InChI=1S/C15H20N2O2/c1-4-6-12-15(19)17(9-14(18)16-12)13-8-5-7-10(2)11(13)3/h5,7-8,12H,4,6,9H2,1-3H3,(H,16,18). The molecule has 2 rings (SSSR count). The number of benzene rings is 1. The fourth-order valence-corrected chi connectivity index (χ4v) is 2.43. The van der Waals surface area contributed by atoms with E-state index in [0.717, 1.165) is 23.2 Å². The van der Waals surface area contributed by atoms with E-state index in [4.69, 9.17) is 0 Å². The number of carbonyl (C=O) groups is 2. The van der Waals surface area contributed by atoms with Crippen molar-refractivity contribution in [2.75, 3.05) is 11.4 Å². The maximum atomic E-state index is 12.4. The summed E-state index contributed by atoms with van der Waals surface area (Å²) in [6, 6.07) is 5.46. The van der Waals surface area contributed by atoms with Crippen molar-refractivity contribution in [3.05, 3.63) is 29.3 Å². The Morgan fingerprint density at radius 1 is 1.32 bits per heavy atom. The Morgan fingerprint density at radius 3 is 2.74 bits per heavy atom. The van der Waals surface area contributed by atoms with E-state index in [9.17, 15) is 9.59 Å². The van der Waals surface area contributed by atoms with Crippen LogP contribution in [0.4, 0.5) is 5.69 Å². The molecule has 1 aliphatic heterocycles. The van der Waals surface area contributed by atoms with Gasteiger partial charge in [0.15, 0.2) is 0 Å². The summed E-state index contributed by atoms with van der Waals surface area (Å²) in [6.45, 7) is 6.12. The lowest BCUT2D eigenvalue weighted by molar-refractivity contribution is -0.131. The van der Waals surface area contributed by atoms with Crippen molar-refractivity contribution in [3.8, 4) is 0 Å². The van der Waals surface area contributed by atoms with E-state index in [0.29, 0.717) is 6.42 Å². The molecule has 1 N–H and O–H groups in total. The summed E-state index contributed by atoms with van der Waals surface area (Å²) in [7, 11) is 0. The number of rotatable bonds is 3. The highest BCUT2D eigenvalue weighted by Crippen LogP contribution is 2.25. The molecule has 0 radical (unpaired) electrons. The van der Waals surface area contributed by atoms with E-state index in [1.54, 1.807) is 4.90 Å². The molecule has 4 nitrogen and oxygen atoms in total. The fourth-order valence-electron chi connectivity index (χ4n) is 2.43. The Hall–Kier alpha value is -1.84. The second kappa shape index (κ2) is 5.43. The van der Waals surface area contributed by atoms with E-state index in [2.05, 4.69) is 5.32 Å². The minimum Gasteiger partial charge on any atom is -0.343 e. The molecule has 1 unspecified atom stereocenters. The number of nitrogens with one attached hydrogen (secondary N) is 1. The summed E-state index contributed by atoms with van der Waals surface area (Å²) in [5, 5.41) is 2.77. The van der Waals surface area contributed by atoms with Gasteiger partial charge in [-0.25, -0.2) is 0 Å². The van der Waals surface area contributed by atoms with Gasteiger partial charge in [0, 0.05) is 5.69 Å². The van der Waals surface area contributed by atoms with E-state index >= 15 is 0 Å². The second-order valence-electron chi connectivity index (χ2n) is 5.05. The van der Waals surface area contributed by atoms with Crippen LogP contribution in [0.15, 0.2) is 18.2 Å². The lowest BCUT2D eigenvalue weighted by atomic mass is 10.0. The third-order valence-electron chi connectivity index (χ3n) is 3.65. The first-order chi connectivity index (χ1) is 9.04. The molecule has 1 heterocycles. The molecule has 0 spiro atoms. The number of hydrogen-bond acceptors (Lipinski definition) is 2. The molecule has 0 saturated carbocycles. The van der Waals surface area contributed by atoms with Gasteiger partial charge in [0.25, 0.3) is 0 Å². The van der Waals surface area contributed by atoms with Crippen molar-refractivity contribution in [1.82, 2.24) is 5.32 Å². The van der Waals surface area contributed by atoms with Gasteiger partial charge in [0.2, 0.25) is 11.8 Å². The third kappa shape index (κ3) is 2.62. The van der Waals surface area contributed by atoms with Gasteiger partial charge in [-0.05, 0) is 37.5 Å². The maximum absolute atomic E-state index is 12.4. The van der Waals surface area contributed by atoms with Crippen LogP contribution in [0.2, 0.25) is 0 Å². The minimum absolute atomic E-state index is 0.00449. The highest BCUT2D eigenvalue weighted by Gasteiger charge is 2.33. The average Bonchev–Trinajstić information content (AvgIpc) is 2.37. The Balaban J connectivity index is 2.34. The first-order valence-electron chi connectivity index (χ1n) is 6.71. The molecule has 1 fully saturated rings. The summed E-state index contributed by atoms with van der Waals surface area (Å²) < 4.78 is 0. The minimum atomic E-state index is -0.383. The number of hydrogen-bond donors (Lipinski definition) is 1. The van der Waals surface area contributed by atoms with Crippen LogP contribution in [-0.4, -0.2) is 24.4 Å². The van der Waals surface area contributed by atoms with Gasteiger partial charge in [-0.2, -0.15) is 0 Å². The number of anilines is 1. The van der Waals surface area contributed by atoms with Gasteiger partial charge in [0.05, 0.1) is 0 Å². The Kier molecular flexibility index (Phi) is 3.88. The number of carbonyl (C=O) groups excluding carboxylic acids is 2. The van der Waals surface area contributed by atoms with Crippen molar-refractivity contribution in [1.29, 1.82) is 0 Å². The van der Waals surface area contributed by atoms with E-state index in [1.807, 2.05) is 39.0 Å². The van der Waals surface area contributed by atoms with Crippen LogP contribution in [0.25, 0.3) is 0 Å². The monoisotopic (exact) mass is 260 g/mol. The zero-order valence-corrected chi connectivity index (χ0v) is 11.7.